The Bertz CT molecular complexity index is 1000. The lowest BCUT2D eigenvalue weighted by atomic mass is 10.1. The lowest BCUT2D eigenvalue weighted by molar-refractivity contribution is 0.0741. The van der Waals surface area contributed by atoms with Crippen LogP contribution in [0.15, 0.2) is 43.0 Å². The first kappa shape index (κ1) is 18.0. The van der Waals surface area contributed by atoms with Crippen molar-refractivity contribution in [2.75, 3.05) is 31.1 Å². The number of rotatable bonds is 3. The van der Waals surface area contributed by atoms with Crippen LogP contribution in [0.5, 0.6) is 0 Å². The first-order valence-corrected chi connectivity index (χ1v) is 8.84. The van der Waals surface area contributed by atoms with Crippen LogP contribution in [0.3, 0.4) is 0 Å². The molecule has 0 atom stereocenters. The van der Waals surface area contributed by atoms with Crippen LogP contribution >= 0.6 is 0 Å². The summed E-state index contributed by atoms with van der Waals surface area (Å²) in [5, 5.41) is 0. The minimum atomic E-state index is -0.844. The van der Waals surface area contributed by atoms with E-state index in [-0.39, 0.29) is 5.56 Å². The lowest BCUT2D eigenvalue weighted by Crippen LogP contribution is -2.49. The van der Waals surface area contributed by atoms with Crippen molar-refractivity contribution in [3.63, 3.8) is 0 Å². The monoisotopic (exact) mass is 384 g/mol. The smallest absolute Gasteiger partial charge is 0.256 e. The second-order valence-corrected chi connectivity index (χ2v) is 6.50. The number of halogens is 2. The molecule has 0 bridgehead atoms. The third-order valence-corrected chi connectivity index (χ3v) is 4.63. The number of aryl methyl sites for hydroxylation is 1. The van der Waals surface area contributed by atoms with Gasteiger partial charge in [-0.05, 0) is 19.1 Å². The fourth-order valence-corrected chi connectivity index (χ4v) is 3.20. The molecule has 28 heavy (non-hydrogen) atoms. The molecule has 0 unspecified atom stereocenters. The van der Waals surface area contributed by atoms with Crippen molar-refractivity contribution >= 4 is 11.7 Å². The molecule has 0 N–H and O–H groups in total. The van der Waals surface area contributed by atoms with Gasteiger partial charge in [0.2, 0.25) is 0 Å². The Labute approximate surface area is 160 Å². The molecule has 0 spiro atoms. The molecule has 3 heterocycles. The summed E-state index contributed by atoms with van der Waals surface area (Å²) in [6.45, 7) is 3.75. The van der Waals surface area contributed by atoms with Crippen molar-refractivity contribution in [1.82, 2.24) is 24.4 Å². The van der Waals surface area contributed by atoms with Gasteiger partial charge in [0.25, 0.3) is 5.91 Å². The number of amides is 1. The lowest BCUT2D eigenvalue weighted by Gasteiger charge is -2.35. The predicted octanol–water partition coefficient (Wildman–Crippen LogP) is 2.21. The quantitative estimate of drug-likeness (QED) is 0.693. The maximum atomic E-state index is 13.9. The van der Waals surface area contributed by atoms with Crippen LogP contribution < -0.4 is 4.90 Å². The van der Waals surface area contributed by atoms with E-state index in [9.17, 15) is 13.6 Å². The fraction of sp³-hybridized carbons (Fsp3) is 0.263. The van der Waals surface area contributed by atoms with Gasteiger partial charge in [-0.25, -0.2) is 23.7 Å². The minimum absolute atomic E-state index is 0.116. The third kappa shape index (κ3) is 3.55. The number of nitrogens with zero attached hydrogens (tertiary/aromatic N) is 6. The van der Waals surface area contributed by atoms with E-state index < -0.39 is 17.5 Å². The SMILES string of the molecule is Cc1nc(N2CCN(C(=O)c3ccc(F)cc3F)CC2)cc(-n2ccnc2)n1. The molecule has 9 heteroatoms. The molecule has 7 nitrogen and oxygen atoms in total. The summed E-state index contributed by atoms with van der Waals surface area (Å²) in [7, 11) is 0. The Balaban J connectivity index is 1.48. The number of benzene rings is 1. The Morgan fingerprint density at radius 1 is 1.04 bits per heavy atom. The number of hydrogen-bond donors (Lipinski definition) is 0. The average Bonchev–Trinajstić information content (AvgIpc) is 3.22. The highest BCUT2D eigenvalue weighted by Gasteiger charge is 2.25. The normalized spacial score (nSPS) is 14.4. The molecule has 1 aliphatic rings. The van der Waals surface area contributed by atoms with Gasteiger partial charge in [-0.3, -0.25) is 9.36 Å². The van der Waals surface area contributed by atoms with Crippen molar-refractivity contribution in [3.8, 4) is 5.82 Å². The van der Waals surface area contributed by atoms with Crippen LogP contribution in [0.1, 0.15) is 16.2 Å². The molecular formula is C19H18F2N6O. The summed E-state index contributed by atoms with van der Waals surface area (Å²) in [6.07, 6.45) is 5.15. The van der Waals surface area contributed by atoms with Gasteiger partial charge in [0.15, 0.2) is 0 Å². The summed E-state index contributed by atoms with van der Waals surface area (Å²) in [4.78, 5) is 29.1. The molecular weight excluding hydrogens is 366 g/mol. The molecule has 1 aliphatic heterocycles. The average molecular weight is 384 g/mol. The summed E-state index contributed by atoms with van der Waals surface area (Å²) in [5.74, 6) is 0.127. The van der Waals surface area contributed by atoms with Gasteiger partial charge in [0.05, 0.1) is 5.56 Å². The highest BCUT2D eigenvalue weighted by molar-refractivity contribution is 5.94. The van der Waals surface area contributed by atoms with E-state index in [0.717, 1.165) is 18.0 Å². The highest BCUT2D eigenvalue weighted by Crippen LogP contribution is 2.19. The minimum Gasteiger partial charge on any atom is -0.353 e. The first-order valence-electron chi connectivity index (χ1n) is 8.84. The Hall–Kier alpha value is -3.36. The van der Waals surface area contributed by atoms with Crippen LogP contribution in [0.2, 0.25) is 0 Å². The molecule has 144 valence electrons. The molecule has 0 aliphatic carbocycles. The van der Waals surface area contributed by atoms with Crippen molar-refractivity contribution in [2.45, 2.75) is 6.92 Å². The van der Waals surface area contributed by atoms with E-state index in [1.54, 1.807) is 28.2 Å². The predicted molar refractivity (Wildman–Crippen MR) is 98.4 cm³/mol. The van der Waals surface area contributed by atoms with E-state index in [0.29, 0.717) is 37.8 Å². The summed E-state index contributed by atoms with van der Waals surface area (Å²) >= 11 is 0. The zero-order chi connectivity index (χ0) is 19.7. The third-order valence-electron chi connectivity index (χ3n) is 4.63. The van der Waals surface area contributed by atoms with E-state index in [2.05, 4.69) is 19.9 Å². The standard InChI is InChI=1S/C19H18F2N6O/c1-13-23-17(11-18(24-13)27-5-4-22-12-27)25-6-8-26(9-7-25)19(28)15-3-2-14(20)10-16(15)21/h2-5,10-12H,6-9H2,1H3. The number of aromatic nitrogens is 4. The molecule has 1 aromatic carbocycles. The molecule has 2 aromatic heterocycles. The second-order valence-electron chi connectivity index (χ2n) is 6.50. The van der Waals surface area contributed by atoms with Crippen LogP contribution in [-0.4, -0.2) is 56.5 Å². The van der Waals surface area contributed by atoms with Gasteiger partial charge in [-0.15, -0.1) is 0 Å². The van der Waals surface area contributed by atoms with Gasteiger partial charge in [0, 0.05) is 50.7 Å². The van der Waals surface area contributed by atoms with Crippen molar-refractivity contribution in [1.29, 1.82) is 0 Å². The zero-order valence-corrected chi connectivity index (χ0v) is 15.2. The Kier molecular flexibility index (Phi) is 4.72. The van der Waals surface area contributed by atoms with E-state index in [1.165, 1.54) is 6.07 Å². The van der Waals surface area contributed by atoms with Crippen molar-refractivity contribution in [2.24, 2.45) is 0 Å². The molecule has 0 radical (unpaired) electrons. The van der Waals surface area contributed by atoms with Gasteiger partial charge >= 0.3 is 0 Å². The maximum Gasteiger partial charge on any atom is 0.256 e. The summed E-state index contributed by atoms with van der Waals surface area (Å²) in [5.41, 5.74) is -0.116. The van der Waals surface area contributed by atoms with Crippen LogP contribution in [0.4, 0.5) is 14.6 Å². The molecule has 4 rings (SSSR count). The van der Waals surface area contributed by atoms with Gasteiger partial charge in [-0.1, -0.05) is 0 Å². The number of anilines is 1. The number of hydrogen-bond acceptors (Lipinski definition) is 5. The van der Waals surface area contributed by atoms with E-state index in [1.807, 2.05) is 13.0 Å². The van der Waals surface area contributed by atoms with Gasteiger partial charge in [-0.2, -0.15) is 0 Å². The topological polar surface area (TPSA) is 67.2 Å². The van der Waals surface area contributed by atoms with Crippen molar-refractivity contribution in [3.05, 3.63) is 66.0 Å². The molecule has 1 amide bonds. The van der Waals surface area contributed by atoms with E-state index in [4.69, 9.17) is 0 Å². The maximum absolute atomic E-state index is 13.9. The Morgan fingerprint density at radius 3 is 2.46 bits per heavy atom. The summed E-state index contributed by atoms with van der Waals surface area (Å²) < 4.78 is 28.8. The summed E-state index contributed by atoms with van der Waals surface area (Å²) in [6, 6.07) is 4.87. The largest absolute Gasteiger partial charge is 0.353 e. The van der Waals surface area contributed by atoms with Crippen LogP contribution in [0.25, 0.3) is 5.82 Å². The highest BCUT2D eigenvalue weighted by atomic mass is 19.1. The molecule has 1 saturated heterocycles. The van der Waals surface area contributed by atoms with Crippen LogP contribution in [0, 0.1) is 18.6 Å². The molecule has 0 saturated carbocycles. The van der Waals surface area contributed by atoms with Crippen LogP contribution in [-0.2, 0) is 0 Å². The van der Waals surface area contributed by atoms with Crippen molar-refractivity contribution < 1.29 is 13.6 Å². The van der Waals surface area contributed by atoms with E-state index >= 15 is 0 Å². The zero-order valence-electron chi connectivity index (χ0n) is 15.2. The molecule has 3 aromatic rings. The number of imidazole rings is 1. The Morgan fingerprint density at radius 2 is 1.79 bits per heavy atom. The fourth-order valence-electron chi connectivity index (χ4n) is 3.20. The number of piperazine rings is 1. The second kappa shape index (κ2) is 7.34. The number of carbonyl (C=O) groups excluding carboxylic acids is 1. The number of carbonyl (C=O) groups is 1. The van der Waals surface area contributed by atoms with Gasteiger partial charge < -0.3 is 9.80 Å². The first-order chi connectivity index (χ1) is 13.5. The van der Waals surface area contributed by atoms with Gasteiger partial charge in [0.1, 0.15) is 35.4 Å². The molecule has 1 fully saturated rings.